The zero-order valence-electron chi connectivity index (χ0n) is 11.2. The molecule has 110 valence electrons. The first kappa shape index (κ1) is 14.9. The largest absolute Gasteiger partial charge is 0.464 e. The van der Waals surface area contributed by atoms with Crippen molar-refractivity contribution in [2.45, 2.75) is 6.54 Å². The van der Waals surface area contributed by atoms with Gasteiger partial charge in [0.05, 0.1) is 23.5 Å². The van der Waals surface area contributed by atoms with Crippen molar-refractivity contribution in [2.75, 3.05) is 18.2 Å². The minimum atomic E-state index is -0.655. The Morgan fingerprint density at radius 3 is 2.81 bits per heavy atom. The molecule has 1 aromatic carbocycles. The van der Waals surface area contributed by atoms with Gasteiger partial charge in [-0.25, -0.2) is 4.79 Å². The number of amides is 1. The van der Waals surface area contributed by atoms with Crippen LogP contribution in [0.3, 0.4) is 0 Å². The molecule has 1 heterocycles. The molecule has 2 rings (SSSR count). The van der Waals surface area contributed by atoms with Crippen molar-refractivity contribution >= 4 is 34.9 Å². The number of rotatable bonds is 4. The van der Waals surface area contributed by atoms with Crippen LogP contribution in [0.15, 0.2) is 30.5 Å². The van der Waals surface area contributed by atoms with E-state index in [0.29, 0.717) is 10.7 Å². The molecule has 0 radical (unpaired) electrons. The van der Waals surface area contributed by atoms with Crippen LogP contribution in [0, 0.1) is 0 Å². The quantitative estimate of drug-likeness (QED) is 0.835. The Balaban J connectivity index is 2.07. The number of hydrogen-bond acceptors (Lipinski definition) is 5. The summed E-state index contributed by atoms with van der Waals surface area (Å²) in [5, 5.41) is 6.98. The van der Waals surface area contributed by atoms with E-state index in [-0.39, 0.29) is 23.8 Å². The van der Waals surface area contributed by atoms with Crippen LogP contribution < -0.4 is 11.1 Å². The third kappa shape index (κ3) is 3.51. The summed E-state index contributed by atoms with van der Waals surface area (Å²) in [6.07, 6.45) is 1.39. The topological polar surface area (TPSA) is 99.2 Å². The third-order valence-corrected chi connectivity index (χ3v) is 2.95. The average Bonchev–Trinajstić information content (AvgIpc) is 2.81. The Kier molecular flexibility index (Phi) is 4.44. The van der Waals surface area contributed by atoms with Gasteiger partial charge >= 0.3 is 5.97 Å². The van der Waals surface area contributed by atoms with E-state index >= 15 is 0 Å². The fraction of sp³-hybridized carbons (Fsp3) is 0.154. The van der Waals surface area contributed by atoms with Gasteiger partial charge in [-0.3, -0.25) is 9.48 Å². The highest BCUT2D eigenvalue weighted by Gasteiger charge is 2.16. The number of nitrogens with one attached hydrogen (secondary N) is 1. The van der Waals surface area contributed by atoms with Crippen LogP contribution in [-0.4, -0.2) is 28.8 Å². The van der Waals surface area contributed by atoms with Crippen LogP contribution in [0.4, 0.5) is 11.4 Å². The molecule has 0 aliphatic carbocycles. The van der Waals surface area contributed by atoms with E-state index in [1.165, 1.54) is 18.0 Å². The van der Waals surface area contributed by atoms with Crippen molar-refractivity contribution in [1.82, 2.24) is 9.78 Å². The molecule has 21 heavy (non-hydrogen) atoms. The molecule has 0 aliphatic rings. The summed E-state index contributed by atoms with van der Waals surface area (Å²) in [5.74, 6) is -1.00. The summed E-state index contributed by atoms with van der Waals surface area (Å²) >= 11 is 5.94. The molecular formula is C13H13ClN4O3. The first-order chi connectivity index (χ1) is 10.0. The molecule has 0 unspecified atom stereocenters. The molecule has 0 atom stereocenters. The van der Waals surface area contributed by atoms with Crippen molar-refractivity contribution in [3.05, 3.63) is 41.2 Å². The Labute approximate surface area is 125 Å². The maximum atomic E-state index is 11.9. The Morgan fingerprint density at radius 2 is 2.14 bits per heavy atom. The monoisotopic (exact) mass is 308 g/mol. The summed E-state index contributed by atoms with van der Waals surface area (Å²) in [4.78, 5) is 23.3. The first-order valence-corrected chi connectivity index (χ1v) is 6.34. The van der Waals surface area contributed by atoms with Crippen LogP contribution in [-0.2, 0) is 16.1 Å². The number of para-hydroxylation sites is 1. The fourth-order valence-corrected chi connectivity index (χ4v) is 1.86. The molecule has 8 heteroatoms. The van der Waals surface area contributed by atoms with Crippen LogP contribution in [0.2, 0.25) is 5.02 Å². The average molecular weight is 309 g/mol. The zero-order valence-corrected chi connectivity index (χ0v) is 11.9. The fourth-order valence-electron chi connectivity index (χ4n) is 1.67. The number of aromatic nitrogens is 2. The van der Waals surface area contributed by atoms with Gasteiger partial charge in [0.25, 0.3) is 0 Å². The van der Waals surface area contributed by atoms with Crippen molar-refractivity contribution in [2.24, 2.45) is 0 Å². The van der Waals surface area contributed by atoms with E-state index in [2.05, 4.69) is 15.2 Å². The van der Waals surface area contributed by atoms with Crippen LogP contribution in [0.5, 0.6) is 0 Å². The number of hydrogen-bond donors (Lipinski definition) is 2. The second-order valence-electron chi connectivity index (χ2n) is 4.15. The molecule has 3 N–H and O–H groups in total. The number of nitrogen functional groups attached to an aromatic ring is 1. The lowest BCUT2D eigenvalue weighted by Gasteiger charge is -2.06. The smallest absolute Gasteiger partial charge is 0.360 e. The maximum absolute atomic E-state index is 11.9. The first-order valence-electron chi connectivity index (χ1n) is 5.97. The van der Waals surface area contributed by atoms with Gasteiger partial charge in [0.1, 0.15) is 6.54 Å². The SMILES string of the molecule is COC(=O)c1nn(CC(=O)Nc2ccccc2Cl)cc1N. The van der Waals surface area contributed by atoms with Crippen molar-refractivity contribution in [1.29, 1.82) is 0 Å². The van der Waals surface area contributed by atoms with Gasteiger partial charge in [0.2, 0.25) is 5.91 Å². The number of ether oxygens (including phenoxy) is 1. The van der Waals surface area contributed by atoms with Crippen molar-refractivity contribution in [3.8, 4) is 0 Å². The molecule has 7 nitrogen and oxygen atoms in total. The van der Waals surface area contributed by atoms with E-state index in [9.17, 15) is 9.59 Å². The van der Waals surface area contributed by atoms with Crippen molar-refractivity contribution < 1.29 is 14.3 Å². The predicted molar refractivity (Wildman–Crippen MR) is 78.1 cm³/mol. The summed E-state index contributed by atoms with van der Waals surface area (Å²) < 4.78 is 5.79. The lowest BCUT2D eigenvalue weighted by atomic mass is 10.3. The van der Waals surface area contributed by atoms with Crippen LogP contribution >= 0.6 is 11.6 Å². The predicted octanol–water partition coefficient (Wildman–Crippen LogP) is 1.54. The molecule has 1 amide bonds. The number of esters is 1. The second-order valence-corrected chi connectivity index (χ2v) is 4.56. The van der Waals surface area contributed by atoms with Gasteiger partial charge in [-0.15, -0.1) is 0 Å². The molecule has 0 saturated carbocycles. The Bertz CT molecular complexity index is 684. The third-order valence-electron chi connectivity index (χ3n) is 2.62. The summed E-state index contributed by atoms with van der Waals surface area (Å²) in [6.45, 7) is -0.105. The maximum Gasteiger partial charge on any atom is 0.360 e. The number of halogens is 1. The standard InChI is InChI=1S/C13H13ClN4O3/c1-21-13(20)12-9(15)6-18(17-12)7-11(19)16-10-5-3-2-4-8(10)14/h2-6H,7,15H2,1H3,(H,16,19). The lowest BCUT2D eigenvalue weighted by molar-refractivity contribution is -0.116. The summed E-state index contributed by atoms with van der Waals surface area (Å²) in [7, 11) is 1.23. The van der Waals surface area contributed by atoms with Crippen LogP contribution in [0.1, 0.15) is 10.5 Å². The number of nitrogens with two attached hydrogens (primary N) is 1. The van der Waals surface area contributed by atoms with Gasteiger partial charge in [-0.2, -0.15) is 5.10 Å². The minimum Gasteiger partial charge on any atom is -0.464 e. The molecular weight excluding hydrogens is 296 g/mol. The Hall–Kier alpha value is -2.54. The number of nitrogens with zero attached hydrogens (tertiary/aromatic N) is 2. The number of carbonyl (C=O) groups is 2. The van der Waals surface area contributed by atoms with Gasteiger partial charge < -0.3 is 15.8 Å². The number of benzene rings is 1. The Morgan fingerprint density at radius 1 is 1.43 bits per heavy atom. The van der Waals surface area contributed by atoms with Gasteiger partial charge in [-0.1, -0.05) is 23.7 Å². The number of methoxy groups -OCH3 is 1. The second kappa shape index (κ2) is 6.27. The highest BCUT2D eigenvalue weighted by molar-refractivity contribution is 6.33. The summed E-state index contributed by atoms with van der Waals surface area (Å²) in [5.41, 5.74) is 6.25. The van der Waals surface area contributed by atoms with Gasteiger partial charge in [0.15, 0.2) is 5.69 Å². The number of carbonyl (C=O) groups excluding carboxylic acids is 2. The van der Waals surface area contributed by atoms with E-state index in [1.54, 1.807) is 24.3 Å². The van der Waals surface area contributed by atoms with E-state index in [4.69, 9.17) is 17.3 Å². The van der Waals surface area contributed by atoms with Gasteiger partial charge in [-0.05, 0) is 12.1 Å². The van der Waals surface area contributed by atoms with Gasteiger partial charge in [0, 0.05) is 6.20 Å². The normalized spacial score (nSPS) is 10.2. The van der Waals surface area contributed by atoms with Crippen molar-refractivity contribution in [3.63, 3.8) is 0 Å². The van der Waals surface area contributed by atoms with Crippen LogP contribution in [0.25, 0.3) is 0 Å². The molecule has 0 fully saturated rings. The molecule has 0 bridgehead atoms. The summed E-state index contributed by atoms with van der Waals surface area (Å²) in [6, 6.07) is 6.85. The molecule has 0 aliphatic heterocycles. The van der Waals surface area contributed by atoms with E-state index < -0.39 is 5.97 Å². The molecule has 2 aromatic rings. The molecule has 0 spiro atoms. The zero-order chi connectivity index (χ0) is 15.4. The van der Waals surface area contributed by atoms with E-state index in [1.807, 2.05) is 0 Å². The highest BCUT2D eigenvalue weighted by Crippen LogP contribution is 2.20. The van der Waals surface area contributed by atoms with E-state index in [0.717, 1.165) is 0 Å². The molecule has 1 aromatic heterocycles. The molecule has 0 saturated heterocycles. The number of anilines is 2. The minimum absolute atomic E-state index is 0.0250. The highest BCUT2D eigenvalue weighted by atomic mass is 35.5. The lowest BCUT2D eigenvalue weighted by Crippen LogP contribution is -2.19.